The van der Waals surface area contributed by atoms with Crippen molar-refractivity contribution in [2.45, 2.75) is 58.4 Å². The van der Waals surface area contributed by atoms with E-state index in [0.717, 1.165) is 44.7 Å². The number of rotatable bonds is 9. The van der Waals surface area contributed by atoms with Gasteiger partial charge < -0.3 is 5.32 Å². The molecule has 0 fully saturated rings. The van der Waals surface area contributed by atoms with Crippen molar-refractivity contribution in [2.75, 3.05) is 6.54 Å². The number of halogens is 2. The van der Waals surface area contributed by atoms with Gasteiger partial charge in [-0.2, -0.15) is 0 Å². The van der Waals surface area contributed by atoms with Gasteiger partial charge in [0.15, 0.2) is 0 Å². The van der Waals surface area contributed by atoms with E-state index in [1.54, 1.807) is 6.07 Å². The third-order valence-corrected chi connectivity index (χ3v) is 3.33. The van der Waals surface area contributed by atoms with Crippen LogP contribution in [-0.2, 0) is 6.42 Å². The monoisotopic (exact) mass is 269 g/mol. The van der Waals surface area contributed by atoms with Crippen molar-refractivity contribution in [3.05, 3.63) is 35.4 Å². The zero-order valence-corrected chi connectivity index (χ0v) is 12.0. The van der Waals surface area contributed by atoms with Crippen LogP contribution in [0.1, 0.15) is 51.5 Å². The SMILES string of the molecule is CCCNC(CCC)CCCc1ccc(F)cc1F. The molecule has 0 heterocycles. The molecule has 0 aliphatic heterocycles. The first-order valence-corrected chi connectivity index (χ1v) is 7.34. The van der Waals surface area contributed by atoms with E-state index < -0.39 is 11.6 Å². The highest BCUT2D eigenvalue weighted by molar-refractivity contribution is 5.18. The summed E-state index contributed by atoms with van der Waals surface area (Å²) in [5.74, 6) is -0.928. The molecule has 1 atom stereocenters. The Labute approximate surface area is 115 Å². The van der Waals surface area contributed by atoms with Crippen LogP contribution in [0.2, 0.25) is 0 Å². The van der Waals surface area contributed by atoms with Crippen molar-refractivity contribution < 1.29 is 8.78 Å². The van der Waals surface area contributed by atoms with Crippen LogP contribution in [0, 0.1) is 11.6 Å². The summed E-state index contributed by atoms with van der Waals surface area (Å²) >= 11 is 0. The fourth-order valence-corrected chi connectivity index (χ4v) is 2.31. The van der Waals surface area contributed by atoms with Crippen molar-refractivity contribution in [1.82, 2.24) is 5.32 Å². The Morgan fingerprint density at radius 1 is 1.11 bits per heavy atom. The molecule has 0 aliphatic rings. The van der Waals surface area contributed by atoms with Gasteiger partial charge in [-0.3, -0.25) is 0 Å². The summed E-state index contributed by atoms with van der Waals surface area (Å²) in [6.45, 7) is 5.37. The molecule has 0 aromatic heterocycles. The molecule has 0 aliphatic carbocycles. The summed E-state index contributed by atoms with van der Waals surface area (Å²) < 4.78 is 26.3. The van der Waals surface area contributed by atoms with Gasteiger partial charge in [-0.05, 0) is 50.3 Å². The van der Waals surface area contributed by atoms with Gasteiger partial charge in [-0.25, -0.2) is 8.78 Å². The second-order valence-electron chi connectivity index (χ2n) is 5.07. The molecule has 1 aromatic rings. The Kier molecular flexibility index (Phi) is 7.65. The van der Waals surface area contributed by atoms with E-state index >= 15 is 0 Å². The van der Waals surface area contributed by atoms with Gasteiger partial charge in [0, 0.05) is 12.1 Å². The first-order chi connectivity index (χ1) is 9.17. The lowest BCUT2D eigenvalue weighted by molar-refractivity contribution is 0.436. The highest BCUT2D eigenvalue weighted by atomic mass is 19.1. The van der Waals surface area contributed by atoms with Gasteiger partial charge in [0.2, 0.25) is 0 Å². The molecule has 1 unspecified atom stereocenters. The first-order valence-electron chi connectivity index (χ1n) is 7.34. The predicted octanol–water partition coefficient (Wildman–Crippen LogP) is 4.46. The number of benzene rings is 1. The molecule has 19 heavy (non-hydrogen) atoms. The lowest BCUT2D eigenvalue weighted by atomic mass is 10.0. The second kappa shape index (κ2) is 9.03. The Bertz CT molecular complexity index is 366. The van der Waals surface area contributed by atoms with Crippen LogP contribution < -0.4 is 5.32 Å². The number of nitrogens with one attached hydrogen (secondary N) is 1. The minimum absolute atomic E-state index is 0.423. The van der Waals surface area contributed by atoms with Crippen LogP contribution >= 0.6 is 0 Å². The molecule has 1 rings (SSSR count). The van der Waals surface area contributed by atoms with Gasteiger partial charge in [-0.15, -0.1) is 0 Å². The number of hydrogen-bond acceptors (Lipinski definition) is 1. The molecule has 1 N–H and O–H groups in total. The topological polar surface area (TPSA) is 12.0 Å². The zero-order valence-electron chi connectivity index (χ0n) is 12.0. The van der Waals surface area contributed by atoms with Crippen LogP contribution in [-0.4, -0.2) is 12.6 Å². The Balaban J connectivity index is 2.38. The first kappa shape index (κ1) is 16.1. The van der Waals surface area contributed by atoms with Crippen molar-refractivity contribution in [1.29, 1.82) is 0 Å². The average molecular weight is 269 g/mol. The van der Waals surface area contributed by atoms with Crippen molar-refractivity contribution in [3.63, 3.8) is 0 Å². The maximum Gasteiger partial charge on any atom is 0.129 e. The Morgan fingerprint density at radius 3 is 2.53 bits per heavy atom. The third kappa shape index (κ3) is 6.15. The lowest BCUT2D eigenvalue weighted by Gasteiger charge is -2.17. The van der Waals surface area contributed by atoms with Crippen LogP contribution in [0.25, 0.3) is 0 Å². The molecule has 3 heteroatoms. The normalized spacial score (nSPS) is 12.6. The minimum atomic E-state index is -0.505. The zero-order chi connectivity index (χ0) is 14.1. The number of aryl methyl sites for hydroxylation is 1. The van der Waals surface area contributed by atoms with Gasteiger partial charge in [0.25, 0.3) is 0 Å². The predicted molar refractivity (Wildman–Crippen MR) is 76.3 cm³/mol. The molecular formula is C16H25F2N. The molecule has 0 spiro atoms. The molecule has 1 aromatic carbocycles. The maximum atomic E-state index is 13.5. The molecule has 0 amide bonds. The quantitative estimate of drug-likeness (QED) is 0.698. The summed E-state index contributed by atoms with van der Waals surface area (Å²) in [4.78, 5) is 0. The summed E-state index contributed by atoms with van der Waals surface area (Å²) in [6.07, 6.45) is 6.11. The van der Waals surface area contributed by atoms with E-state index in [4.69, 9.17) is 0 Å². The molecule has 0 saturated heterocycles. The molecule has 0 saturated carbocycles. The van der Waals surface area contributed by atoms with Crippen molar-refractivity contribution >= 4 is 0 Å². The fraction of sp³-hybridized carbons (Fsp3) is 0.625. The molecule has 0 radical (unpaired) electrons. The smallest absolute Gasteiger partial charge is 0.129 e. The average Bonchev–Trinajstić information content (AvgIpc) is 2.38. The van der Waals surface area contributed by atoms with Crippen molar-refractivity contribution in [2.24, 2.45) is 0 Å². The van der Waals surface area contributed by atoms with Crippen molar-refractivity contribution in [3.8, 4) is 0 Å². The Morgan fingerprint density at radius 2 is 1.89 bits per heavy atom. The number of hydrogen-bond donors (Lipinski definition) is 1. The highest BCUT2D eigenvalue weighted by Gasteiger charge is 2.08. The van der Waals surface area contributed by atoms with E-state index in [1.165, 1.54) is 6.07 Å². The Hall–Kier alpha value is -0.960. The standard InChI is InChI=1S/C16H25F2N/c1-3-6-15(19-11-4-2)8-5-7-13-9-10-14(17)12-16(13)18/h9-10,12,15,19H,3-8,11H2,1-2H3. The summed E-state index contributed by atoms with van der Waals surface area (Å²) in [5.41, 5.74) is 0.618. The largest absolute Gasteiger partial charge is 0.314 e. The van der Waals surface area contributed by atoms with Gasteiger partial charge >= 0.3 is 0 Å². The van der Waals surface area contributed by atoms with Crippen LogP contribution in [0.5, 0.6) is 0 Å². The van der Waals surface area contributed by atoms with Crippen LogP contribution in [0.4, 0.5) is 8.78 Å². The molecule has 0 bridgehead atoms. The van der Waals surface area contributed by atoms with Gasteiger partial charge in [0.1, 0.15) is 11.6 Å². The van der Waals surface area contributed by atoms with Crippen LogP contribution in [0.15, 0.2) is 18.2 Å². The van der Waals surface area contributed by atoms with Crippen LogP contribution in [0.3, 0.4) is 0 Å². The molecule has 108 valence electrons. The lowest BCUT2D eigenvalue weighted by Crippen LogP contribution is -2.29. The summed E-state index contributed by atoms with van der Waals surface area (Å²) in [5, 5.41) is 3.53. The van der Waals surface area contributed by atoms with E-state index in [0.29, 0.717) is 18.0 Å². The molecule has 1 nitrogen and oxygen atoms in total. The summed E-state index contributed by atoms with van der Waals surface area (Å²) in [6, 6.07) is 4.37. The third-order valence-electron chi connectivity index (χ3n) is 3.33. The minimum Gasteiger partial charge on any atom is -0.314 e. The van der Waals surface area contributed by atoms with Gasteiger partial charge in [-0.1, -0.05) is 26.3 Å². The molecular weight excluding hydrogens is 244 g/mol. The summed E-state index contributed by atoms with van der Waals surface area (Å²) in [7, 11) is 0. The fourth-order valence-electron chi connectivity index (χ4n) is 2.31. The highest BCUT2D eigenvalue weighted by Crippen LogP contribution is 2.14. The second-order valence-corrected chi connectivity index (χ2v) is 5.07. The van der Waals surface area contributed by atoms with E-state index in [2.05, 4.69) is 19.2 Å². The van der Waals surface area contributed by atoms with E-state index in [-0.39, 0.29) is 0 Å². The van der Waals surface area contributed by atoms with E-state index in [9.17, 15) is 8.78 Å². The maximum absolute atomic E-state index is 13.5. The van der Waals surface area contributed by atoms with Gasteiger partial charge in [0.05, 0.1) is 0 Å². The van der Waals surface area contributed by atoms with E-state index in [1.807, 2.05) is 0 Å².